The summed E-state index contributed by atoms with van der Waals surface area (Å²) in [6.07, 6.45) is 7.11. The third-order valence-electron chi connectivity index (χ3n) is 8.07. The molecule has 1 saturated carbocycles. The maximum atomic E-state index is 13.5. The zero-order valence-corrected chi connectivity index (χ0v) is 20.1. The third-order valence-corrected chi connectivity index (χ3v) is 8.07. The van der Waals surface area contributed by atoms with Crippen molar-refractivity contribution in [2.75, 3.05) is 45.9 Å². The predicted molar refractivity (Wildman–Crippen MR) is 129 cm³/mol. The molecule has 1 aromatic carbocycles. The number of imide groups is 1. The van der Waals surface area contributed by atoms with Gasteiger partial charge < -0.3 is 10.2 Å². The summed E-state index contributed by atoms with van der Waals surface area (Å²) in [4.78, 5) is 46.7. The molecule has 8 heteroatoms. The van der Waals surface area contributed by atoms with Crippen LogP contribution >= 0.6 is 0 Å². The Bertz CT molecular complexity index is 895. The van der Waals surface area contributed by atoms with Crippen LogP contribution in [0.15, 0.2) is 30.3 Å². The molecule has 1 spiro atoms. The van der Waals surface area contributed by atoms with Gasteiger partial charge in [0.1, 0.15) is 5.54 Å². The lowest BCUT2D eigenvalue weighted by molar-refractivity contribution is -0.137. The van der Waals surface area contributed by atoms with E-state index in [0.29, 0.717) is 58.2 Å². The number of urea groups is 1. The van der Waals surface area contributed by atoms with Gasteiger partial charge in [-0.25, -0.2) is 9.69 Å². The predicted octanol–water partition coefficient (Wildman–Crippen LogP) is 2.25. The molecule has 1 N–H and O–H groups in total. The summed E-state index contributed by atoms with van der Waals surface area (Å²) in [6, 6.07) is 9.97. The van der Waals surface area contributed by atoms with Crippen LogP contribution in [0.3, 0.4) is 0 Å². The smallest absolute Gasteiger partial charge is 0.326 e. The number of amides is 4. The van der Waals surface area contributed by atoms with Gasteiger partial charge in [-0.15, -0.1) is 0 Å². The number of likely N-dealkylation sites (tertiary alicyclic amines) is 1. The second kappa shape index (κ2) is 10.0. The molecular formula is C26H37N5O3. The fourth-order valence-corrected chi connectivity index (χ4v) is 6.13. The van der Waals surface area contributed by atoms with Gasteiger partial charge in [-0.05, 0) is 43.7 Å². The number of benzene rings is 1. The first kappa shape index (κ1) is 23.3. The molecule has 3 saturated heterocycles. The molecule has 184 valence electrons. The van der Waals surface area contributed by atoms with Gasteiger partial charge in [-0.2, -0.15) is 0 Å². The Morgan fingerprint density at radius 2 is 1.68 bits per heavy atom. The summed E-state index contributed by atoms with van der Waals surface area (Å²) in [5, 5.41) is 3.05. The van der Waals surface area contributed by atoms with Crippen LogP contribution in [0.25, 0.3) is 0 Å². The van der Waals surface area contributed by atoms with E-state index in [1.54, 1.807) is 0 Å². The van der Waals surface area contributed by atoms with Crippen LogP contribution in [0, 0.1) is 5.92 Å². The molecular weight excluding hydrogens is 430 g/mol. The number of nitrogens with one attached hydrogen (secondary N) is 1. The van der Waals surface area contributed by atoms with E-state index in [2.05, 4.69) is 27.2 Å². The topological polar surface area (TPSA) is 76.2 Å². The van der Waals surface area contributed by atoms with E-state index in [1.807, 2.05) is 23.1 Å². The van der Waals surface area contributed by atoms with Gasteiger partial charge in [-0.1, -0.05) is 43.2 Å². The fraction of sp³-hybridized carbons (Fsp3) is 0.654. The highest BCUT2D eigenvalue weighted by Gasteiger charge is 2.53. The monoisotopic (exact) mass is 467 g/mol. The molecule has 4 amide bonds. The number of carbonyl (C=O) groups excluding carboxylic acids is 3. The van der Waals surface area contributed by atoms with Crippen LogP contribution < -0.4 is 5.32 Å². The van der Waals surface area contributed by atoms with E-state index in [0.717, 1.165) is 19.5 Å². The largest absolute Gasteiger partial charge is 0.340 e. The summed E-state index contributed by atoms with van der Waals surface area (Å²) in [6.45, 7) is 5.29. The second-order valence-corrected chi connectivity index (χ2v) is 10.5. The molecule has 1 aliphatic carbocycles. The molecule has 4 fully saturated rings. The van der Waals surface area contributed by atoms with Crippen molar-refractivity contribution in [1.82, 2.24) is 24.9 Å². The minimum Gasteiger partial charge on any atom is -0.340 e. The Morgan fingerprint density at radius 1 is 0.941 bits per heavy atom. The summed E-state index contributed by atoms with van der Waals surface area (Å²) in [5.74, 6) is 0.723. The van der Waals surface area contributed by atoms with Crippen molar-refractivity contribution in [1.29, 1.82) is 0 Å². The first-order valence-electron chi connectivity index (χ1n) is 12.9. The summed E-state index contributed by atoms with van der Waals surface area (Å²) < 4.78 is 0. The van der Waals surface area contributed by atoms with E-state index in [4.69, 9.17) is 0 Å². The molecule has 1 unspecified atom stereocenters. The Balaban J connectivity index is 1.14. The minimum absolute atomic E-state index is 0.102. The molecule has 5 rings (SSSR count). The number of carbonyl (C=O) groups is 3. The Hall–Kier alpha value is -2.45. The summed E-state index contributed by atoms with van der Waals surface area (Å²) >= 11 is 0. The van der Waals surface area contributed by atoms with Gasteiger partial charge in [0.15, 0.2) is 0 Å². The first-order valence-corrected chi connectivity index (χ1v) is 12.9. The molecule has 34 heavy (non-hydrogen) atoms. The standard InChI is InChI=1S/C26H37N5O3/c32-23(17-21-7-4-5-8-21)30-15-13-28(14-16-30)20-31-24(33)26(27-25(31)34)11-6-12-29(19-26)18-22-9-2-1-3-10-22/h1-3,9-10,21H,4-8,11-20H2,(H,27,34). The van der Waals surface area contributed by atoms with Gasteiger partial charge in [-0.3, -0.25) is 19.4 Å². The molecule has 0 radical (unpaired) electrons. The van der Waals surface area contributed by atoms with E-state index in [1.165, 1.54) is 36.1 Å². The maximum Gasteiger partial charge on any atom is 0.326 e. The molecule has 8 nitrogen and oxygen atoms in total. The summed E-state index contributed by atoms with van der Waals surface area (Å²) in [5.41, 5.74) is 0.400. The molecule has 4 aliphatic rings. The van der Waals surface area contributed by atoms with E-state index in [9.17, 15) is 14.4 Å². The third kappa shape index (κ3) is 4.98. The number of nitrogens with zero attached hydrogens (tertiary/aromatic N) is 4. The maximum absolute atomic E-state index is 13.5. The van der Waals surface area contributed by atoms with Crippen LogP contribution in [0.1, 0.15) is 50.5 Å². The lowest BCUT2D eigenvalue weighted by atomic mass is 9.88. The lowest BCUT2D eigenvalue weighted by Crippen LogP contribution is -2.58. The fourth-order valence-electron chi connectivity index (χ4n) is 6.13. The van der Waals surface area contributed by atoms with Crippen LogP contribution in [0.2, 0.25) is 0 Å². The number of rotatable bonds is 6. The van der Waals surface area contributed by atoms with Crippen LogP contribution in [-0.2, 0) is 16.1 Å². The Kier molecular flexibility index (Phi) is 6.88. The Morgan fingerprint density at radius 3 is 2.41 bits per heavy atom. The first-order chi connectivity index (χ1) is 16.5. The molecule has 1 atom stereocenters. The average molecular weight is 468 g/mol. The van der Waals surface area contributed by atoms with Gasteiger partial charge >= 0.3 is 6.03 Å². The minimum atomic E-state index is -0.816. The number of piperazine rings is 1. The molecule has 0 bridgehead atoms. The van der Waals surface area contributed by atoms with Crippen molar-refractivity contribution >= 4 is 17.8 Å². The molecule has 1 aromatic rings. The van der Waals surface area contributed by atoms with Gasteiger partial charge in [0, 0.05) is 45.7 Å². The number of hydrogen-bond acceptors (Lipinski definition) is 5. The highest BCUT2D eigenvalue weighted by Crippen LogP contribution is 2.30. The van der Waals surface area contributed by atoms with E-state index < -0.39 is 5.54 Å². The molecule has 3 aliphatic heterocycles. The summed E-state index contributed by atoms with van der Waals surface area (Å²) in [7, 11) is 0. The second-order valence-electron chi connectivity index (χ2n) is 10.5. The van der Waals surface area contributed by atoms with Gasteiger partial charge in [0.05, 0.1) is 6.67 Å². The molecule has 0 aromatic heterocycles. The zero-order valence-electron chi connectivity index (χ0n) is 20.1. The molecule has 3 heterocycles. The number of hydrogen-bond donors (Lipinski definition) is 1. The number of piperidine rings is 1. The van der Waals surface area contributed by atoms with Crippen LogP contribution in [0.4, 0.5) is 4.79 Å². The van der Waals surface area contributed by atoms with Gasteiger partial charge in [0.25, 0.3) is 5.91 Å². The van der Waals surface area contributed by atoms with E-state index in [-0.39, 0.29) is 17.8 Å². The van der Waals surface area contributed by atoms with Gasteiger partial charge in [0.2, 0.25) is 5.91 Å². The quantitative estimate of drug-likeness (QED) is 0.650. The lowest BCUT2D eigenvalue weighted by Gasteiger charge is -2.39. The highest BCUT2D eigenvalue weighted by atomic mass is 16.2. The average Bonchev–Trinajstić information content (AvgIpc) is 3.43. The van der Waals surface area contributed by atoms with Crippen molar-refractivity contribution < 1.29 is 14.4 Å². The van der Waals surface area contributed by atoms with Crippen LogP contribution in [-0.4, -0.2) is 88.9 Å². The van der Waals surface area contributed by atoms with Crippen molar-refractivity contribution in [3.63, 3.8) is 0 Å². The van der Waals surface area contributed by atoms with Crippen LogP contribution in [0.5, 0.6) is 0 Å². The zero-order chi connectivity index (χ0) is 23.5. The van der Waals surface area contributed by atoms with Crippen molar-refractivity contribution in [3.8, 4) is 0 Å². The SMILES string of the molecule is O=C(CC1CCCC1)N1CCN(CN2C(=O)NC3(CCCN(Cc4ccccc4)C3)C2=O)CC1. The van der Waals surface area contributed by atoms with Crippen molar-refractivity contribution in [2.24, 2.45) is 5.92 Å². The van der Waals surface area contributed by atoms with Crippen molar-refractivity contribution in [2.45, 2.75) is 57.0 Å². The van der Waals surface area contributed by atoms with E-state index >= 15 is 0 Å². The highest BCUT2D eigenvalue weighted by molar-refractivity contribution is 6.07. The Labute approximate surface area is 202 Å². The normalized spacial score (nSPS) is 27.1. The van der Waals surface area contributed by atoms with Crippen molar-refractivity contribution in [3.05, 3.63) is 35.9 Å².